The van der Waals surface area contributed by atoms with Gasteiger partial charge in [-0.2, -0.15) is 35.3 Å². The smallest absolute Gasteiger partial charge is 0.335 e. The first-order valence-electron chi connectivity index (χ1n) is 18.3. The van der Waals surface area contributed by atoms with E-state index in [4.69, 9.17) is 39.8 Å². The Labute approximate surface area is 399 Å². The number of thioether (sulfide) groups is 3. The summed E-state index contributed by atoms with van der Waals surface area (Å²) in [4.78, 5) is 69.4. The number of carboxylic acid groups (broad SMARTS) is 2. The number of carbonyl (C=O) groups excluding carboxylic acids is 5. The third kappa shape index (κ3) is 163. The van der Waals surface area contributed by atoms with Gasteiger partial charge in [0.25, 0.3) is 5.97 Å². The van der Waals surface area contributed by atoms with Gasteiger partial charge in [-0.3, -0.25) is 19.2 Å². The summed E-state index contributed by atoms with van der Waals surface area (Å²) in [6, 6.07) is 0. The largest absolute Gasteiger partial charge is 0.481 e. The molecule has 3 unspecified atom stereocenters. The van der Waals surface area contributed by atoms with Gasteiger partial charge in [0.1, 0.15) is 0 Å². The molecule has 62 heavy (non-hydrogen) atoms. The SMILES string of the molecule is CC(=O)Cl.CC(=O)Cl.CC(=O)O.CC(=O)OC(C)C.CC(C)O.CC(C)O.CSCCC(O)C(=O)O.CSCCC(O)C(=O)OC(C)C.CSCCC(O)C(=O)OC(C)C.Cl.O. The second-order valence-corrected chi connectivity index (χ2v) is 16.5. The topological polar surface area (TPSA) is 320 Å². The van der Waals surface area contributed by atoms with Crippen LogP contribution in [0.1, 0.15) is 116 Å². The molecular weight excluding hydrogens is 947 g/mol. The molecule has 0 aromatic rings. The Morgan fingerprint density at radius 3 is 0.774 bits per heavy atom. The predicted molar refractivity (Wildman–Crippen MR) is 256 cm³/mol. The molecule has 0 aromatic carbocycles. The number of ether oxygens (including phenoxy) is 3. The van der Waals surface area contributed by atoms with Crippen LogP contribution in [0.25, 0.3) is 0 Å². The van der Waals surface area contributed by atoms with E-state index < -0.39 is 42.2 Å². The summed E-state index contributed by atoms with van der Waals surface area (Å²) in [7, 11) is 0. The van der Waals surface area contributed by atoms with Crippen LogP contribution in [0, 0.1) is 0 Å². The maximum absolute atomic E-state index is 11.0. The lowest BCUT2D eigenvalue weighted by molar-refractivity contribution is -0.158. The van der Waals surface area contributed by atoms with Crippen LogP contribution >= 0.6 is 70.9 Å². The van der Waals surface area contributed by atoms with Crippen molar-refractivity contribution in [2.75, 3.05) is 36.0 Å². The molecule has 0 aliphatic carbocycles. The molecular formula is C38H81Cl3O18S3. The molecule has 24 heteroatoms. The first-order valence-corrected chi connectivity index (χ1v) is 23.3. The zero-order chi connectivity index (χ0) is 50.1. The molecule has 0 heterocycles. The van der Waals surface area contributed by atoms with Gasteiger partial charge in [0, 0.05) is 39.9 Å². The van der Waals surface area contributed by atoms with Crippen molar-refractivity contribution in [2.45, 2.75) is 165 Å². The minimum Gasteiger partial charge on any atom is -0.481 e. The molecule has 380 valence electrons. The minimum absolute atomic E-state index is 0. The van der Waals surface area contributed by atoms with Gasteiger partial charge in [0.05, 0.1) is 18.3 Å². The maximum Gasteiger partial charge on any atom is 0.335 e. The van der Waals surface area contributed by atoms with Gasteiger partial charge in [-0.05, 0) is 148 Å². The Hall–Kier alpha value is -1.63. The Balaban J connectivity index is -0.0000000543. The van der Waals surface area contributed by atoms with Crippen molar-refractivity contribution >= 4 is 111 Å². The Morgan fingerprint density at radius 2 is 0.661 bits per heavy atom. The van der Waals surface area contributed by atoms with Gasteiger partial charge >= 0.3 is 23.9 Å². The number of aliphatic hydroxyl groups is 5. The Morgan fingerprint density at radius 1 is 0.484 bits per heavy atom. The average Bonchev–Trinajstić information content (AvgIpc) is 3.03. The van der Waals surface area contributed by atoms with Crippen molar-refractivity contribution in [1.29, 1.82) is 0 Å². The fourth-order valence-corrected chi connectivity index (χ4v) is 3.38. The maximum atomic E-state index is 11.0. The van der Waals surface area contributed by atoms with E-state index in [-0.39, 0.29) is 64.9 Å². The molecule has 0 aromatic heterocycles. The number of halogens is 3. The van der Waals surface area contributed by atoms with E-state index in [1.54, 1.807) is 78.9 Å². The Kier molecular flexibility index (Phi) is 92.9. The number of aliphatic hydroxyl groups excluding tert-OH is 5. The van der Waals surface area contributed by atoms with Crippen molar-refractivity contribution in [2.24, 2.45) is 0 Å². The predicted octanol–water partition coefficient (Wildman–Crippen LogP) is 5.25. The summed E-state index contributed by atoms with van der Waals surface area (Å²) in [6.45, 7) is 22.7. The summed E-state index contributed by atoms with van der Waals surface area (Å²) in [5, 5.41) is 58.0. The number of esters is 3. The Bertz CT molecular complexity index is 944. The molecule has 18 nitrogen and oxygen atoms in total. The number of carbonyl (C=O) groups is 7. The molecule has 0 radical (unpaired) electrons. The van der Waals surface area contributed by atoms with E-state index in [2.05, 4.69) is 27.9 Å². The van der Waals surface area contributed by atoms with Gasteiger partial charge in [-0.15, -0.1) is 12.4 Å². The van der Waals surface area contributed by atoms with Gasteiger partial charge in [0.15, 0.2) is 18.3 Å². The fraction of sp³-hybridized carbons (Fsp3) is 0.816. The van der Waals surface area contributed by atoms with Gasteiger partial charge in [0.2, 0.25) is 10.5 Å². The highest BCUT2D eigenvalue weighted by molar-refractivity contribution is 7.98. The van der Waals surface area contributed by atoms with Crippen LogP contribution in [0.5, 0.6) is 0 Å². The zero-order valence-corrected chi connectivity index (χ0v) is 44.2. The van der Waals surface area contributed by atoms with E-state index in [0.717, 1.165) is 18.4 Å². The van der Waals surface area contributed by atoms with E-state index in [1.807, 2.05) is 32.6 Å². The average molecular weight is 1030 g/mol. The lowest BCUT2D eigenvalue weighted by Crippen LogP contribution is -2.26. The van der Waals surface area contributed by atoms with Crippen molar-refractivity contribution in [3.8, 4) is 0 Å². The first kappa shape index (κ1) is 87.3. The second kappa shape index (κ2) is 66.0. The third-order valence-electron chi connectivity index (χ3n) is 3.72. The quantitative estimate of drug-likeness (QED) is 0.0625. The lowest BCUT2D eigenvalue weighted by Gasteiger charge is -2.11. The highest BCUT2D eigenvalue weighted by Gasteiger charge is 2.17. The molecule has 0 rings (SSSR count). The molecule has 3 atom stereocenters. The van der Waals surface area contributed by atoms with Crippen LogP contribution < -0.4 is 0 Å². The highest BCUT2D eigenvalue weighted by Crippen LogP contribution is 2.04. The van der Waals surface area contributed by atoms with E-state index in [0.29, 0.717) is 25.0 Å². The summed E-state index contributed by atoms with van der Waals surface area (Å²) in [5.41, 5.74) is 0. The molecule has 0 aliphatic heterocycles. The molecule has 9 N–H and O–H groups in total. The molecule has 0 spiro atoms. The van der Waals surface area contributed by atoms with Gasteiger partial charge < -0.3 is 55.4 Å². The summed E-state index contributed by atoms with van der Waals surface area (Å²) in [6.07, 6.45) is 3.28. The second-order valence-electron chi connectivity index (χ2n) is 12.5. The van der Waals surface area contributed by atoms with E-state index in [9.17, 15) is 39.0 Å². The van der Waals surface area contributed by atoms with Crippen LogP contribution in [0.2, 0.25) is 0 Å². The normalized spacial score (nSPS) is 10.4. The minimum atomic E-state index is -1.18. The van der Waals surface area contributed by atoms with E-state index >= 15 is 0 Å². The lowest BCUT2D eigenvalue weighted by atomic mass is 10.3. The fourth-order valence-electron chi connectivity index (χ4n) is 2.00. The van der Waals surface area contributed by atoms with Crippen molar-refractivity contribution in [3.05, 3.63) is 0 Å². The summed E-state index contributed by atoms with van der Waals surface area (Å²) in [5.74, 6) is -0.979. The number of hydrogen-bond donors (Lipinski definition) is 7. The number of aliphatic carboxylic acids is 2. The monoisotopic (exact) mass is 1030 g/mol. The van der Waals surface area contributed by atoms with E-state index in [1.165, 1.54) is 32.5 Å². The molecule has 0 fully saturated rings. The highest BCUT2D eigenvalue weighted by atomic mass is 35.5. The molecule has 0 saturated heterocycles. The van der Waals surface area contributed by atoms with Crippen LogP contribution in [-0.4, -0.2) is 166 Å². The molecule has 0 aliphatic rings. The zero-order valence-electron chi connectivity index (χ0n) is 39.5. The van der Waals surface area contributed by atoms with Crippen LogP contribution in [-0.2, 0) is 47.8 Å². The standard InChI is InChI=1S/2C8H16O3S.C5H10O3S.C5H10O2.2C3H8O.2C2H3ClO.C2H4O2.ClH.H2O/c2*1-6(2)11-8(10)7(9)4-5-12-3;1-9-3-2-4(6)5(7)8;1-4(2)7-5(3)6;2*1-3(2)4;3*1-2(3)4;;/h2*6-7,9H,4-5H2,1-3H3;4,6H,2-3H2,1H3,(H,7,8);4H,1-3H3;2*3-4H,1-2H3;2*1H3;1H3,(H,3,4);1H;1H2. The van der Waals surface area contributed by atoms with Crippen LogP contribution in [0.15, 0.2) is 0 Å². The van der Waals surface area contributed by atoms with Crippen LogP contribution in [0.4, 0.5) is 0 Å². The van der Waals surface area contributed by atoms with Crippen molar-refractivity contribution < 1.29 is 89.0 Å². The third-order valence-corrected chi connectivity index (χ3v) is 5.65. The molecule has 0 amide bonds. The van der Waals surface area contributed by atoms with Crippen molar-refractivity contribution in [1.82, 2.24) is 0 Å². The number of rotatable bonds is 15. The number of hydrogen-bond acceptors (Lipinski definition) is 18. The van der Waals surface area contributed by atoms with Crippen molar-refractivity contribution in [3.63, 3.8) is 0 Å². The summed E-state index contributed by atoms with van der Waals surface area (Å²) >= 11 is 14.0. The van der Waals surface area contributed by atoms with Crippen LogP contribution in [0.3, 0.4) is 0 Å². The molecule has 0 saturated carbocycles. The molecule has 0 bridgehead atoms. The first-order chi connectivity index (χ1) is 27.1. The summed E-state index contributed by atoms with van der Waals surface area (Å²) < 4.78 is 14.2. The van der Waals surface area contributed by atoms with Gasteiger partial charge in [-0.1, -0.05) is 0 Å². The van der Waals surface area contributed by atoms with Gasteiger partial charge in [-0.25, -0.2) is 14.4 Å². The number of carboxylic acids is 2.